The Kier molecular flexibility index (Phi) is 4.33. The van der Waals surface area contributed by atoms with Gasteiger partial charge in [0.25, 0.3) is 5.69 Å². The number of para-hydroxylation sites is 1. The second-order valence-corrected chi connectivity index (χ2v) is 4.36. The van der Waals surface area contributed by atoms with E-state index in [-0.39, 0.29) is 5.69 Å². The third-order valence-electron chi connectivity index (χ3n) is 2.45. The molecule has 0 saturated heterocycles. The van der Waals surface area contributed by atoms with Gasteiger partial charge in [0.05, 0.1) is 4.92 Å². The molecule has 0 aliphatic heterocycles. The SMILES string of the molecule is O=[N+]([O-])c1cc(Cl)cc(CNNc2ccccc2)c1. The van der Waals surface area contributed by atoms with Crippen LogP contribution in [0.25, 0.3) is 0 Å². The molecule has 0 amide bonds. The van der Waals surface area contributed by atoms with E-state index in [4.69, 9.17) is 11.6 Å². The average Bonchev–Trinajstić information content (AvgIpc) is 2.39. The Hall–Kier alpha value is -2.11. The van der Waals surface area contributed by atoms with Gasteiger partial charge in [-0.3, -0.25) is 10.1 Å². The van der Waals surface area contributed by atoms with Gasteiger partial charge in [0.2, 0.25) is 0 Å². The molecule has 0 bridgehead atoms. The first-order valence-corrected chi connectivity index (χ1v) is 6.01. The summed E-state index contributed by atoms with van der Waals surface area (Å²) in [6.45, 7) is 0.427. The highest BCUT2D eigenvalue weighted by Crippen LogP contribution is 2.20. The van der Waals surface area contributed by atoms with E-state index in [0.717, 1.165) is 11.3 Å². The number of rotatable bonds is 5. The minimum absolute atomic E-state index is 0.0102. The number of nitrogens with one attached hydrogen (secondary N) is 2. The zero-order valence-electron chi connectivity index (χ0n) is 9.97. The standard InChI is InChI=1S/C13H12ClN3O2/c14-11-6-10(7-13(8-11)17(18)19)9-15-16-12-4-2-1-3-5-12/h1-8,15-16H,9H2. The molecule has 6 heteroatoms. The molecule has 19 heavy (non-hydrogen) atoms. The van der Waals surface area contributed by atoms with Crippen LogP contribution >= 0.6 is 11.6 Å². The van der Waals surface area contributed by atoms with Crippen LogP contribution in [0.15, 0.2) is 48.5 Å². The van der Waals surface area contributed by atoms with Gasteiger partial charge < -0.3 is 5.43 Å². The number of benzene rings is 2. The van der Waals surface area contributed by atoms with Crippen molar-refractivity contribution >= 4 is 23.0 Å². The smallest absolute Gasteiger partial charge is 0.271 e. The van der Waals surface area contributed by atoms with Gasteiger partial charge in [0, 0.05) is 29.4 Å². The molecule has 2 N–H and O–H groups in total. The monoisotopic (exact) mass is 277 g/mol. The first-order chi connectivity index (χ1) is 9.15. The van der Waals surface area contributed by atoms with Gasteiger partial charge in [0.1, 0.15) is 0 Å². The number of anilines is 1. The number of nitrogens with zero attached hydrogens (tertiary/aromatic N) is 1. The van der Waals surface area contributed by atoms with Crippen LogP contribution in [0, 0.1) is 10.1 Å². The fourth-order valence-electron chi connectivity index (χ4n) is 1.61. The van der Waals surface area contributed by atoms with Gasteiger partial charge in [-0.15, -0.1) is 0 Å². The molecule has 0 atom stereocenters. The molecule has 0 aliphatic rings. The quantitative estimate of drug-likeness (QED) is 0.649. The first kappa shape index (κ1) is 13.3. The molecule has 0 fully saturated rings. The lowest BCUT2D eigenvalue weighted by molar-refractivity contribution is -0.384. The summed E-state index contributed by atoms with van der Waals surface area (Å²) in [7, 11) is 0. The third kappa shape index (κ3) is 3.94. The van der Waals surface area contributed by atoms with Gasteiger partial charge in [-0.05, 0) is 23.8 Å². The predicted octanol–water partition coefficient (Wildman–Crippen LogP) is 3.36. The first-order valence-electron chi connectivity index (χ1n) is 5.63. The second kappa shape index (κ2) is 6.17. The topological polar surface area (TPSA) is 67.2 Å². The summed E-state index contributed by atoms with van der Waals surface area (Å²) in [5.74, 6) is 0. The largest absolute Gasteiger partial charge is 0.321 e. The van der Waals surface area contributed by atoms with Crippen LogP contribution < -0.4 is 10.9 Å². The normalized spacial score (nSPS) is 10.2. The number of hydrazine groups is 1. The van der Waals surface area contributed by atoms with E-state index in [1.807, 2.05) is 30.3 Å². The second-order valence-electron chi connectivity index (χ2n) is 3.92. The molecule has 0 heterocycles. The maximum Gasteiger partial charge on any atom is 0.271 e. The fourth-order valence-corrected chi connectivity index (χ4v) is 1.86. The Labute approximate surface area is 115 Å². The van der Waals surface area contributed by atoms with Crippen molar-refractivity contribution in [1.82, 2.24) is 5.43 Å². The van der Waals surface area contributed by atoms with Crippen molar-refractivity contribution in [3.05, 3.63) is 69.2 Å². The number of nitro benzene ring substituents is 1. The van der Waals surface area contributed by atoms with Crippen molar-refractivity contribution in [3.8, 4) is 0 Å². The van der Waals surface area contributed by atoms with E-state index in [9.17, 15) is 10.1 Å². The Morgan fingerprint density at radius 1 is 1.16 bits per heavy atom. The number of hydrogen-bond donors (Lipinski definition) is 2. The summed E-state index contributed by atoms with van der Waals surface area (Å²) in [6, 6.07) is 14.1. The zero-order valence-corrected chi connectivity index (χ0v) is 10.7. The molecule has 98 valence electrons. The predicted molar refractivity (Wildman–Crippen MR) is 75.0 cm³/mol. The van der Waals surface area contributed by atoms with Crippen LogP contribution in [0.1, 0.15) is 5.56 Å². The van der Waals surface area contributed by atoms with Crippen LogP contribution in [0.5, 0.6) is 0 Å². The summed E-state index contributed by atoms with van der Waals surface area (Å²) >= 11 is 5.84. The minimum Gasteiger partial charge on any atom is -0.321 e. The lowest BCUT2D eigenvalue weighted by atomic mass is 10.2. The molecular formula is C13H12ClN3O2. The van der Waals surface area contributed by atoms with E-state index in [2.05, 4.69) is 10.9 Å². The Balaban J connectivity index is 1.98. The van der Waals surface area contributed by atoms with Gasteiger partial charge in [-0.1, -0.05) is 29.8 Å². The summed E-state index contributed by atoms with van der Waals surface area (Å²) in [5, 5.41) is 11.1. The van der Waals surface area contributed by atoms with Crippen molar-refractivity contribution in [3.63, 3.8) is 0 Å². The molecule has 0 unspecified atom stereocenters. The fraction of sp³-hybridized carbons (Fsp3) is 0.0769. The number of nitro groups is 1. The van der Waals surface area contributed by atoms with E-state index >= 15 is 0 Å². The minimum atomic E-state index is -0.458. The maximum absolute atomic E-state index is 10.7. The van der Waals surface area contributed by atoms with Crippen molar-refractivity contribution in [2.45, 2.75) is 6.54 Å². The summed E-state index contributed by atoms with van der Waals surface area (Å²) in [5.41, 5.74) is 7.62. The van der Waals surface area contributed by atoms with Crippen LogP contribution in [0.2, 0.25) is 5.02 Å². The molecule has 0 aliphatic carbocycles. The van der Waals surface area contributed by atoms with Gasteiger partial charge in [-0.2, -0.15) is 0 Å². The van der Waals surface area contributed by atoms with Crippen molar-refractivity contribution in [1.29, 1.82) is 0 Å². The molecule has 2 rings (SSSR count). The van der Waals surface area contributed by atoms with Crippen LogP contribution in [-0.4, -0.2) is 4.92 Å². The number of halogens is 1. The number of hydrogen-bond acceptors (Lipinski definition) is 4. The molecule has 0 spiro atoms. The average molecular weight is 278 g/mol. The lowest BCUT2D eigenvalue weighted by Crippen LogP contribution is -2.20. The van der Waals surface area contributed by atoms with E-state index < -0.39 is 4.92 Å². The summed E-state index contributed by atoms with van der Waals surface area (Å²) in [4.78, 5) is 10.3. The molecule has 0 radical (unpaired) electrons. The van der Waals surface area contributed by atoms with Gasteiger partial charge >= 0.3 is 0 Å². The summed E-state index contributed by atoms with van der Waals surface area (Å²) in [6.07, 6.45) is 0. The molecule has 0 saturated carbocycles. The van der Waals surface area contributed by atoms with Crippen LogP contribution in [-0.2, 0) is 6.54 Å². The van der Waals surface area contributed by atoms with E-state index in [0.29, 0.717) is 11.6 Å². The maximum atomic E-state index is 10.7. The molecule has 5 nitrogen and oxygen atoms in total. The Morgan fingerprint density at radius 3 is 2.58 bits per heavy atom. The molecule has 2 aromatic carbocycles. The molecule has 0 aromatic heterocycles. The highest BCUT2D eigenvalue weighted by atomic mass is 35.5. The highest BCUT2D eigenvalue weighted by Gasteiger charge is 2.08. The Morgan fingerprint density at radius 2 is 1.89 bits per heavy atom. The van der Waals surface area contributed by atoms with Crippen LogP contribution in [0.4, 0.5) is 11.4 Å². The van der Waals surface area contributed by atoms with E-state index in [1.165, 1.54) is 12.1 Å². The van der Waals surface area contributed by atoms with E-state index in [1.54, 1.807) is 6.07 Å². The Bertz CT molecular complexity index is 575. The van der Waals surface area contributed by atoms with Crippen LogP contribution in [0.3, 0.4) is 0 Å². The van der Waals surface area contributed by atoms with Crippen molar-refractivity contribution in [2.75, 3.05) is 5.43 Å². The van der Waals surface area contributed by atoms with Gasteiger partial charge in [0.15, 0.2) is 0 Å². The van der Waals surface area contributed by atoms with Crippen molar-refractivity contribution < 1.29 is 4.92 Å². The molecular weight excluding hydrogens is 266 g/mol. The highest BCUT2D eigenvalue weighted by molar-refractivity contribution is 6.30. The van der Waals surface area contributed by atoms with Crippen molar-refractivity contribution in [2.24, 2.45) is 0 Å². The summed E-state index contributed by atoms with van der Waals surface area (Å²) < 4.78 is 0. The third-order valence-corrected chi connectivity index (χ3v) is 2.67. The number of non-ortho nitro benzene ring substituents is 1. The zero-order chi connectivity index (χ0) is 13.7. The van der Waals surface area contributed by atoms with Gasteiger partial charge in [-0.25, -0.2) is 5.43 Å². The molecule has 2 aromatic rings. The lowest BCUT2D eigenvalue weighted by Gasteiger charge is -2.08.